The van der Waals surface area contributed by atoms with Crippen LogP contribution >= 0.6 is 0 Å². The zero-order chi connectivity index (χ0) is 24.4. The molecule has 0 aliphatic rings. The minimum Gasteiger partial charge on any atom is -0.490 e. The van der Waals surface area contributed by atoms with Gasteiger partial charge < -0.3 is 14.2 Å². The van der Waals surface area contributed by atoms with Gasteiger partial charge in [0.15, 0.2) is 0 Å². The summed E-state index contributed by atoms with van der Waals surface area (Å²) in [5, 5.41) is 0. The van der Waals surface area contributed by atoms with Crippen molar-refractivity contribution in [3.05, 3.63) is 73.0 Å². The third-order valence-corrected chi connectivity index (χ3v) is 5.60. The molecule has 2 aromatic carbocycles. The first kappa shape index (κ1) is 25.8. The average Bonchev–Trinajstić information content (AvgIpc) is 2.79. The lowest BCUT2D eigenvalue weighted by Crippen LogP contribution is -2.18. The van der Waals surface area contributed by atoms with Crippen molar-refractivity contribution in [1.82, 2.24) is 0 Å². The number of carbonyl (C=O) groups is 2. The zero-order valence-electron chi connectivity index (χ0n) is 18.5. The molecule has 176 valence electrons. The van der Waals surface area contributed by atoms with Crippen LogP contribution in [0, 0.1) is 0 Å². The van der Waals surface area contributed by atoms with Crippen LogP contribution in [0.15, 0.2) is 77.9 Å². The molecule has 9 heteroatoms. The Hall–Kier alpha value is -3.43. The minimum atomic E-state index is -4.03. The Morgan fingerprint density at radius 3 is 1.88 bits per heavy atom. The highest BCUT2D eigenvalue weighted by Gasteiger charge is 2.16. The van der Waals surface area contributed by atoms with E-state index < -0.39 is 28.5 Å². The summed E-state index contributed by atoms with van der Waals surface area (Å²) >= 11 is 0. The Bertz CT molecular complexity index is 1100. The lowest BCUT2D eigenvalue weighted by Gasteiger charge is -2.11. The van der Waals surface area contributed by atoms with Gasteiger partial charge in [-0.05, 0) is 47.9 Å². The number of benzene rings is 2. The van der Waals surface area contributed by atoms with E-state index in [0.717, 1.165) is 23.6 Å². The predicted molar refractivity (Wildman–Crippen MR) is 122 cm³/mol. The highest BCUT2D eigenvalue weighted by atomic mass is 32.2. The maximum Gasteiger partial charge on any atom is 0.374 e. The van der Waals surface area contributed by atoms with Crippen molar-refractivity contribution in [2.75, 3.05) is 26.4 Å². The molecule has 8 nitrogen and oxygen atoms in total. The van der Waals surface area contributed by atoms with Gasteiger partial charge in [0.1, 0.15) is 37.9 Å². The van der Waals surface area contributed by atoms with Gasteiger partial charge in [0, 0.05) is 6.92 Å². The highest BCUT2D eigenvalue weighted by molar-refractivity contribution is 7.86. The van der Waals surface area contributed by atoms with Crippen LogP contribution in [0.5, 0.6) is 5.75 Å². The van der Waals surface area contributed by atoms with Crippen LogP contribution < -0.4 is 4.74 Å². The fourth-order valence-corrected chi connectivity index (χ4v) is 3.35. The van der Waals surface area contributed by atoms with Crippen LogP contribution in [0.25, 0.3) is 11.1 Å². The molecule has 0 amide bonds. The summed E-state index contributed by atoms with van der Waals surface area (Å²) in [4.78, 5) is 21.8. The molecule has 0 bridgehead atoms. The van der Waals surface area contributed by atoms with Crippen LogP contribution in [0.1, 0.15) is 13.8 Å². The number of Topliss-reactive ketones (excluding diaryl/α,β-unsaturated/α-hetero) is 1. The summed E-state index contributed by atoms with van der Waals surface area (Å²) in [5.74, 6) is -0.617. The predicted octanol–water partition coefficient (Wildman–Crippen LogP) is 3.68. The van der Waals surface area contributed by atoms with E-state index in [2.05, 4.69) is 17.9 Å². The number of hydrogen-bond acceptors (Lipinski definition) is 8. The smallest absolute Gasteiger partial charge is 0.374 e. The molecule has 0 aliphatic carbocycles. The summed E-state index contributed by atoms with van der Waals surface area (Å²) in [6.45, 7) is 10.3. The second-order valence-corrected chi connectivity index (χ2v) is 8.53. The maximum absolute atomic E-state index is 12.2. The zero-order valence-corrected chi connectivity index (χ0v) is 19.4. The fourth-order valence-electron chi connectivity index (χ4n) is 2.45. The Morgan fingerprint density at radius 2 is 1.33 bits per heavy atom. The molecule has 2 rings (SSSR count). The van der Waals surface area contributed by atoms with Crippen LogP contribution in [0.3, 0.4) is 0 Å². The van der Waals surface area contributed by atoms with Gasteiger partial charge >= 0.3 is 5.97 Å². The third-order valence-electron chi connectivity index (χ3n) is 4.28. The van der Waals surface area contributed by atoms with E-state index in [4.69, 9.17) is 13.7 Å². The first-order valence-corrected chi connectivity index (χ1v) is 11.4. The van der Waals surface area contributed by atoms with E-state index in [0.29, 0.717) is 24.7 Å². The monoisotopic (exact) mass is 474 g/mol. The van der Waals surface area contributed by atoms with Crippen LogP contribution in [-0.2, 0) is 33.4 Å². The van der Waals surface area contributed by atoms with Crippen molar-refractivity contribution in [1.29, 1.82) is 0 Å². The van der Waals surface area contributed by atoms with Crippen molar-refractivity contribution < 1.29 is 36.4 Å². The van der Waals surface area contributed by atoms with Gasteiger partial charge in [-0.25, -0.2) is 4.79 Å². The standard InChI is InChI=1S/C24H26O8S/c1-17(2)19(4)29-13-14-30-22-9-5-20(6-10-22)21-7-11-23(12-8-21)33(27,28)32-16-15-31-24(26)18(3)25/h5-12H,1,4,13-16H2,2-3H3. The molecule has 0 spiro atoms. The molecule has 0 N–H and O–H groups in total. The first-order valence-electron chi connectivity index (χ1n) is 9.98. The summed E-state index contributed by atoms with van der Waals surface area (Å²) in [7, 11) is -4.03. The first-order chi connectivity index (χ1) is 15.6. The van der Waals surface area contributed by atoms with Crippen molar-refractivity contribution in [2.45, 2.75) is 18.7 Å². The van der Waals surface area contributed by atoms with Crippen molar-refractivity contribution in [3.63, 3.8) is 0 Å². The van der Waals surface area contributed by atoms with Gasteiger partial charge in [-0.1, -0.05) is 37.4 Å². The second-order valence-electron chi connectivity index (χ2n) is 6.92. The highest BCUT2D eigenvalue weighted by Crippen LogP contribution is 2.24. The topological polar surface area (TPSA) is 105 Å². The number of carbonyl (C=O) groups excluding carboxylic acids is 2. The number of allylic oxidation sites excluding steroid dienone is 1. The van der Waals surface area contributed by atoms with Crippen LogP contribution in [0.2, 0.25) is 0 Å². The molecule has 0 saturated heterocycles. The quantitative estimate of drug-likeness (QED) is 0.108. The third kappa shape index (κ3) is 8.21. The fraction of sp³-hybridized carbons (Fsp3) is 0.250. The van der Waals surface area contributed by atoms with Crippen molar-refractivity contribution in [3.8, 4) is 16.9 Å². The molecule has 0 fully saturated rings. The number of rotatable bonds is 13. The molecule has 0 aliphatic heterocycles. The van der Waals surface area contributed by atoms with Gasteiger partial charge in [0.2, 0.25) is 5.78 Å². The molecule has 0 unspecified atom stereocenters. The second kappa shape index (κ2) is 12.0. The maximum atomic E-state index is 12.2. The Labute approximate surface area is 193 Å². The number of ketones is 1. The van der Waals surface area contributed by atoms with Gasteiger partial charge in [0.05, 0.1) is 4.90 Å². The largest absolute Gasteiger partial charge is 0.490 e. The van der Waals surface area contributed by atoms with E-state index in [-0.39, 0.29) is 11.5 Å². The molecule has 33 heavy (non-hydrogen) atoms. The normalized spacial score (nSPS) is 10.8. The molecule has 0 aromatic heterocycles. The number of hydrogen-bond donors (Lipinski definition) is 0. The average molecular weight is 475 g/mol. The van der Waals surface area contributed by atoms with E-state index in [1.54, 1.807) is 24.3 Å². The molecule has 0 saturated carbocycles. The SMILES string of the molecule is C=C(C)C(=C)OCCOc1ccc(-c2ccc(S(=O)(=O)OCCOC(=O)C(C)=O)cc2)cc1. The lowest BCUT2D eigenvalue weighted by molar-refractivity contribution is -0.153. The Morgan fingerprint density at radius 1 is 0.788 bits per heavy atom. The van der Waals surface area contributed by atoms with Crippen LogP contribution in [0.4, 0.5) is 0 Å². The molecular weight excluding hydrogens is 448 g/mol. The van der Waals surface area contributed by atoms with Gasteiger partial charge in [0.25, 0.3) is 10.1 Å². The summed E-state index contributed by atoms with van der Waals surface area (Å²) in [5.41, 5.74) is 2.44. The van der Waals surface area contributed by atoms with Crippen LogP contribution in [-0.4, -0.2) is 46.6 Å². The Kier molecular flexibility index (Phi) is 9.38. The van der Waals surface area contributed by atoms with Crippen molar-refractivity contribution >= 4 is 21.9 Å². The van der Waals surface area contributed by atoms with Gasteiger partial charge in [-0.3, -0.25) is 8.98 Å². The van der Waals surface area contributed by atoms with Crippen molar-refractivity contribution in [2.24, 2.45) is 0 Å². The van der Waals surface area contributed by atoms with E-state index in [1.165, 1.54) is 12.1 Å². The van der Waals surface area contributed by atoms with E-state index >= 15 is 0 Å². The van der Waals surface area contributed by atoms with Gasteiger partial charge in [-0.15, -0.1) is 0 Å². The molecular formula is C24H26O8S. The molecule has 0 radical (unpaired) electrons. The summed E-state index contributed by atoms with van der Waals surface area (Å²) in [6.07, 6.45) is 0. The number of esters is 1. The molecule has 0 heterocycles. The summed E-state index contributed by atoms with van der Waals surface area (Å²) in [6, 6.07) is 13.5. The lowest BCUT2D eigenvalue weighted by atomic mass is 10.1. The number of ether oxygens (including phenoxy) is 3. The summed E-state index contributed by atoms with van der Waals surface area (Å²) < 4.78 is 44.9. The molecule has 0 atom stereocenters. The van der Waals surface area contributed by atoms with Gasteiger partial charge in [-0.2, -0.15) is 8.42 Å². The minimum absolute atomic E-state index is 0.0413. The van der Waals surface area contributed by atoms with E-state index in [1.807, 2.05) is 19.1 Å². The van der Waals surface area contributed by atoms with E-state index in [9.17, 15) is 18.0 Å². The Balaban J connectivity index is 1.88. The molecule has 2 aromatic rings.